The molecule has 0 saturated carbocycles. The molecule has 0 aliphatic rings. The molecule has 0 aliphatic carbocycles. The fourth-order valence-corrected chi connectivity index (χ4v) is 0.972. The van der Waals surface area contributed by atoms with Gasteiger partial charge >= 0.3 is 0 Å². The number of methoxy groups -OCH3 is 1. The minimum absolute atomic E-state index is 0.393. The highest BCUT2D eigenvalue weighted by Gasteiger charge is 2.00. The minimum Gasteiger partial charge on any atom is -0.494 e. The second kappa shape index (κ2) is 3.55. The van der Waals surface area contributed by atoms with E-state index in [9.17, 15) is 0 Å². The Bertz CT molecular complexity index is 252. The van der Waals surface area contributed by atoms with Gasteiger partial charge in [-0.05, 0) is 6.07 Å². The molecule has 11 heavy (non-hydrogen) atoms. The molecule has 0 saturated heterocycles. The maximum Gasteiger partial charge on any atom is 0.155 e. The first kappa shape index (κ1) is 8.30. The molecule has 0 aromatic carbocycles. The molecule has 4 heteroatoms. The maximum absolute atomic E-state index is 5.79. The van der Waals surface area contributed by atoms with Crippen LogP contribution in [0.25, 0.3) is 0 Å². The van der Waals surface area contributed by atoms with Gasteiger partial charge in [0.15, 0.2) is 5.75 Å². The molecule has 0 bridgehead atoms. The third-order valence-electron chi connectivity index (χ3n) is 1.31. The highest BCUT2D eigenvalue weighted by molar-refractivity contribution is 6.32. The van der Waals surface area contributed by atoms with Crippen molar-refractivity contribution in [1.82, 2.24) is 4.98 Å². The standard InChI is InChI=1S/C7H9ClN2O/c1-11-7-4-10-5(3-9)2-6(7)8/h2,4H,3,9H2,1H3. The van der Waals surface area contributed by atoms with E-state index in [1.54, 1.807) is 19.4 Å². The number of ether oxygens (including phenoxy) is 1. The summed E-state index contributed by atoms with van der Waals surface area (Å²) in [6.45, 7) is 0.393. The Morgan fingerprint density at radius 1 is 1.73 bits per heavy atom. The molecule has 1 heterocycles. The average molecular weight is 173 g/mol. The van der Waals surface area contributed by atoms with E-state index in [0.717, 1.165) is 5.69 Å². The summed E-state index contributed by atoms with van der Waals surface area (Å²) in [5, 5.41) is 0.544. The number of hydrogen-bond acceptors (Lipinski definition) is 3. The third kappa shape index (κ3) is 1.82. The van der Waals surface area contributed by atoms with Gasteiger partial charge in [-0.25, -0.2) is 0 Å². The van der Waals surface area contributed by atoms with Gasteiger partial charge < -0.3 is 10.5 Å². The van der Waals surface area contributed by atoms with Crippen LogP contribution in [-0.4, -0.2) is 12.1 Å². The van der Waals surface area contributed by atoms with Crippen LogP contribution in [0.2, 0.25) is 5.02 Å². The van der Waals surface area contributed by atoms with E-state index in [4.69, 9.17) is 22.1 Å². The van der Waals surface area contributed by atoms with E-state index in [2.05, 4.69) is 4.98 Å². The number of nitrogens with two attached hydrogens (primary N) is 1. The zero-order valence-electron chi connectivity index (χ0n) is 6.17. The van der Waals surface area contributed by atoms with Crippen LogP contribution in [0.4, 0.5) is 0 Å². The fraction of sp³-hybridized carbons (Fsp3) is 0.286. The van der Waals surface area contributed by atoms with Crippen molar-refractivity contribution in [2.75, 3.05) is 7.11 Å². The molecular formula is C7H9ClN2O. The smallest absolute Gasteiger partial charge is 0.155 e. The van der Waals surface area contributed by atoms with Crippen LogP contribution >= 0.6 is 11.6 Å². The lowest BCUT2D eigenvalue weighted by molar-refractivity contribution is 0.413. The summed E-state index contributed by atoms with van der Waals surface area (Å²) >= 11 is 5.79. The molecule has 0 spiro atoms. The quantitative estimate of drug-likeness (QED) is 0.730. The number of nitrogens with zero attached hydrogens (tertiary/aromatic N) is 1. The molecular weight excluding hydrogens is 164 g/mol. The van der Waals surface area contributed by atoms with Gasteiger partial charge in [0, 0.05) is 6.54 Å². The van der Waals surface area contributed by atoms with Gasteiger partial charge in [0.2, 0.25) is 0 Å². The highest BCUT2D eigenvalue weighted by atomic mass is 35.5. The third-order valence-corrected chi connectivity index (χ3v) is 1.60. The SMILES string of the molecule is COc1cnc(CN)cc1Cl. The maximum atomic E-state index is 5.79. The molecule has 0 unspecified atom stereocenters. The average Bonchev–Trinajstić information content (AvgIpc) is 2.04. The Morgan fingerprint density at radius 2 is 2.45 bits per heavy atom. The van der Waals surface area contributed by atoms with Crippen LogP contribution in [0.1, 0.15) is 5.69 Å². The van der Waals surface area contributed by atoms with E-state index >= 15 is 0 Å². The van der Waals surface area contributed by atoms with E-state index in [-0.39, 0.29) is 0 Å². The first-order valence-corrected chi connectivity index (χ1v) is 3.54. The fourth-order valence-electron chi connectivity index (χ4n) is 0.720. The molecule has 1 aromatic rings. The number of aromatic nitrogens is 1. The van der Waals surface area contributed by atoms with Gasteiger partial charge in [-0.15, -0.1) is 0 Å². The summed E-state index contributed by atoms with van der Waals surface area (Å²) in [6, 6.07) is 1.69. The van der Waals surface area contributed by atoms with Crippen LogP contribution < -0.4 is 10.5 Å². The molecule has 1 aromatic heterocycles. The molecule has 0 fully saturated rings. The van der Waals surface area contributed by atoms with Crippen molar-refractivity contribution < 1.29 is 4.74 Å². The predicted octanol–water partition coefficient (Wildman–Crippen LogP) is 1.20. The number of rotatable bonds is 2. The van der Waals surface area contributed by atoms with Gasteiger partial charge in [-0.3, -0.25) is 4.98 Å². The Labute approximate surface area is 70.1 Å². The van der Waals surface area contributed by atoms with Gasteiger partial charge in [0.25, 0.3) is 0 Å². The van der Waals surface area contributed by atoms with Crippen molar-refractivity contribution in [1.29, 1.82) is 0 Å². The van der Waals surface area contributed by atoms with E-state index in [0.29, 0.717) is 17.3 Å². The normalized spacial score (nSPS) is 9.73. The second-order valence-corrected chi connectivity index (χ2v) is 2.42. The van der Waals surface area contributed by atoms with Crippen LogP contribution in [0, 0.1) is 0 Å². The Hall–Kier alpha value is -0.800. The highest BCUT2D eigenvalue weighted by Crippen LogP contribution is 2.22. The van der Waals surface area contributed by atoms with Crippen molar-refractivity contribution in [3.05, 3.63) is 23.0 Å². The summed E-state index contributed by atoms with van der Waals surface area (Å²) in [6.07, 6.45) is 1.56. The largest absolute Gasteiger partial charge is 0.494 e. The Kier molecular flexibility index (Phi) is 2.68. The number of pyridine rings is 1. The van der Waals surface area contributed by atoms with Crippen molar-refractivity contribution in [3.8, 4) is 5.75 Å². The predicted molar refractivity (Wildman–Crippen MR) is 43.7 cm³/mol. The number of halogens is 1. The van der Waals surface area contributed by atoms with Crippen LogP contribution in [0.15, 0.2) is 12.3 Å². The van der Waals surface area contributed by atoms with Crippen molar-refractivity contribution in [3.63, 3.8) is 0 Å². The van der Waals surface area contributed by atoms with Crippen LogP contribution in [0.5, 0.6) is 5.75 Å². The topological polar surface area (TPSA) is 48.1 Å². The van der Waals surface area contributed by atoms with E-state index < -0.39 is 0 Å². The van der Waals surface area contributed by atoms with Crippen LogP contribution in [-0.2, 0) is 6.54 Å². The lowest BCUT2D eigenvalue weighted by Crippen LogP contribution is -1.99. The minimum atomic E-state index is 0.393. The summed E-state index contributed by atoms with van der Waals surface area (Å²) < 4.78 is 4.91. The Balaban J connectivity index is 2.99. The van der Waals surface area contributed by atoms with Crippen molar-refractivity contribution in [2.24, 2.45) is 5.73 Å². The zero-order chi connectivity index (χ0) is 8.27. The first-order valence-electron chi connectivity index (χ1n) is 3.16. The second-order valence-electron chi connectivity index (χ2n) is 2.01. The molecule has 0 radical (unpaired) electrons. The summed E-state index contributed by atoms with van der Waals surface area (Å²) in [5.74, 6) is 0.573. The van der Waals surface area contributed by atoms with Crippen molar-refractivity contribution in [2.45, 2.75) is 6.54 Å². The number of hydrogen-bond donors (Lipinski definition) is 1. The zero-order valence-corrected chi connectivity index (χ0v) is 6.93. The monoisotopic (exact) mass is 172 g/mol. The van der Waals surface area contributed by atoms with E-state index in [1.807, 2.05) is 0 Å². The van der Waals surface area contributed by atoms with Crippen LogP contribution in [0.3, 0.4) is 0 Å². The van der Waals surface area contributed by atoms with Gasteiger partial charge in [0.1, 0.15) is 0 Å². The summed E-state index contributed by atoms with van der Waals surface area (Å²) in [4.78, 5) is 3.99. The molecule has 1 rings (SSSR count). The van der Waals surface area contributed by atoms with Crippen molar-refractivity contribution >= 4 is 11.6 Å². The lowest BCUT2D eigenvalue weighted by atomic mass is 10.3. The lowest BCUT2D eigenvalue weighted by Gasteiger charge is -2.02. The first-order chi connectivity index (χ1) is 5.27. The van der Waals surface area contributed by atoms with Gasteiger partial charge in [-0.1, -0.05) is 11.6 Å². The molecule has 0 aliphatic heterocycles. The molecule has 0 atom stereocenters. The van der Waals surface area contributed by atoms with Gasteiger partial charge in [-0.2, -0.15) is 0 Å². The summed E-state index contributed by atoms with van der Waals surface area (Å²) in [5.41, 5.74) is 6.11. The van der Waals surface area contributed by atoms with Gasteiger partial charge in [0.05, 0.1) is 24.0 Å². The molecule has 3 nitrogen and oxygen atoms in total. The van der Waals surface area contributed by atoms with E-state index in [1.165, 1.54) is 0 Å². The molecule has 2 N–H and O–H groups in total. The molecule has 0 amide bonds. The summed E-state index contributed by atoms with van der Waals surface area (Å²) in [7, 11) is 1.55. The molecule has 60 valence electrons. The Morgan fingerprint density at radius 3 is 2.91 bits per heavy atom.